The Kier molecular flexibility index (Phi) is 7.13. The van der Waals surface area contributed by atoms with Gasteiger partial charge >= 0.3 is 18.1 Å². The molecule has 0 saturated heterocycles. The molecule has 2 rings (SSSR count). The molecule has 0 aliphatic heterocycles. The van der Waals surface area contributed by atoms with E-state index in [1.807, 2.05) is 13.0 Å². The Morgan fingerprint density at radius 1 is 1.04 bits per heavy atom. The van der Waals surface area contributed by atoms with Gasteiger partial charge in [-0.2, -0.15) is 0 Å². The third kappa shape index (κ3) is 4.07. The molecule has 0 fully saturated rings. The van der Waals surface area contributed by atoms with E-state index in [0.29, 0.717) is 17.6 Å². The molecule has 0 saturated carbocycles. The predicted octanol–water partition coefficient (Wildman–Crippen LogP) is 6.09. The number of hydrogen-bond acceptors (Lipinski definition) is 4. The Labute approximate surface area is 172 Å². The number of carboxylic acid groups (broad SMARTS) is 2. The molecular weight excluding hydrogens is 463 g/mol. The molecule has 0 spiro atoms. The van der Waals surface area contributed by atoms with Crippen LogP contribution in [-0.4, -0.2) is 22.5 Å². The van der Waals surface area contributed by atoms with Crippen molar-refractivity contribution >= 4 is 38.5 Å². The molecule has 6 nitrogen and oxygen atoms in total. The van der Waals surface area contributed by atoms with Crippen LogP contribution in [0.5, 0.6) is 0 Å². The van der Waals surface area contributed by atoms with Gasteiger partial charge in [0, 0.05) is 20.3 Å². The van der Waals surface area contributed by atoms with Crippen LogP contribution in [0.2, 0.25) is 0 Å². The molecule has 0 bridgehead atoms. The van der Waals surface area contributed by atoms with Crippen LogP contribution in [0, 0.1) is 0 Å². The maximum absolute atomic E-state index is 11.5. The molecule has 1 aromatic carbocycles. The van der Waals surface area contributed by atoms with E-state index in [0.717, 1.165) is 52.4 Å². The lowest BCUT2D eigenvalue weighted by atomic mass is 9.92. The summed E-state index contributed by atoms with van der Waals surface area (Å²) in [6, 6.07) is 3.65. The summed E-state index contributed by atoms with van der Waals surface area (Å²) >= 11 is 2.17. The number of benzene rings is 1. The van der Waals surface area contributed by atoms with Crippen molar-refractivity contribution in [1.29, 1.82) is 0 Å². The quantitative estimate of drug-likeness (QED) is 0.199. The SMILES string of the molecule is CCCCCC1=C(I)c2c(ccc(CC)c2CC)C1(OC(=O)O)OC(=O)O. The number of fused-ring (bicyclic) bond motifs is 1. The van der Waals surface area contributed by atoms with E-state index in [2.05, 4.69) is 36.4 Å². The second kappa shape index (κ2) is 8.95. The fraction of sp³-hybridized carbons (Fsp3) is 0.500. The molecule has 0 heterocycles. The van der Waals surface area contributed by atoms with Gasteiger partial charge in [-0.05, 0) is 65.5 Å². The highest BCUT2D eigenvalue weighted by Gasteiger charge is 2.52. The number of rotatable bonds is 8. The van der Waals surface area contributed by atoms with Crippen molar-refractivity contribution in [2.45, 2.75) is 65.1 Å². The molecule has 7 heteroatoms. The van der Waals surface area contributed by atoms with Crippen LogP contribution in [0.1, 0.15) is 68.7 Å². The summed E-state index contributed by atoms with van der Waals surface area (Å²) in [5.74, 6) is -1.94. The van der Waals surface area contributed by atoms with Gasteiger partial charge in [0.2, 0.25) is 0 Å². The number of carbonyl (C=O) groups is 2. The highest BCUT2D eigenvalue weighted by Crippen LogP contribution is 2.54. The van der Waals surface area contributed by atoms with E-state index < -0.39 is 18.1 Å². The standard InChI is InChI=1S/C20H25IO6/c1-4-7-8-9-15-17(21)16-13(6-3)12(5-2)10-11-14(16)20(15,26-18(22)23)27-19(24)25/h10-11H,4-9H2,1-3H3,(H,22,23)(H,24,25). The van der Waals surface area contributed by atoms with Crippen molar-refractivity contribution in [3.8, 4) is 0 Å². The van der Waals surface area contributed by atoms with Crippen molar-refractivity contribution in [2.24, 2.45) is 0 Å². The Hall–Kier alpha value is -1.77. The molecule has 1 aromatic rings. The van der Waals surface area contributed by atoms with Gasteiger partial charge in [0.25, 0.3) is 0 Å². The van der Waals surface area contributed by atoms with E-state index in [1.54, 1.807) is 6.07 Å². The molecule has 0 aromatic heterocycles. The summed E-state index contributed by atoms with van der Waals surface area (Å²) in [6.45, 7) is 6.16. The highest BCUT2D eigenvalue weighted by atomic mass is 127. The summed E-state index contributed by atoms with van der Waals surface area (Å²) in [7, 11) is 0. The molecular formula is C20H25IO6. The van der Waals surface area contributed by atoms with E-state index in [9.17, 15) is 19.8 Å². The average molecular weight is 488 g/mol. The Bertz CT molecular complexity index is 752. The summed E-state index contributed by atoms with van der Waals surface area (Å²) in [6.07, 6.45) is 1.67. The highest BCUT2D eigenvalue weighted by molar-refractivity contribution is 14.1. The van der Waals surface area contributed by atoms with Crippen molar-refractivity contribution in [1.82, 2.24) is 0 Å². The summed E-state index contributed by atoms with van der Waals surface area (Å²) in [5, 5.41) is 18.7. The number of hydrogen-bond donors (Lipinski definition) is 2. The van der Waals surface area contributed by atoms with Crippen LogP contribution in [0.15, 0.2) is 17.7 Å². The van der Waals surface area contributed by atoms with Crippen molar-refractivity contribution in [2.75, 3.05) is 0 Å². The first kappa shape index (κ1) is 21.5. The molecule has 0 amide bonds. The van der Waals surface area contributed by atoms with E-state index in [4.69, 9.17) is 9.47 Å². The normalized spacial score (nSPS) is 14.8. The zero-order chi connectivity index (χ0) is 20.2. The van der Waals surface area contributed by atoms with Crippen LogP contribution >= 0.6 is 22.6 Å². The maximum Gasteiger partial charge on any atom is 0.509 e. The monoisotopic (exact) mass is 488 g/mol. The van der Waals surface area contributed by atoms with E-state index in [-0.39, 0.29) is 0 Å². The van der Waals surface area contributed by atoms with Crippen LogP contribution in [0.4, 0.5) is 9.59 Å². The third-order valence-electron chi connectivity index (χ3n) is 4.87. The minimum Gasteiger partial charge on any atom is -0.450 e. The van der Waals surface area contributed by atoms with Gasteiger partial charge in [-0.3, -0.25) is 0 Å². The summed E-state index contributed by atoms with van der Waals surface area (Å²) in [4.78, 5) is 23.0. The summed E-state index contributed by atoms with van der Waals surface area (Å²) in [5.41, 5.74) is 4.11. The molecule has 0 atom stereocenters. The molecule has 0 unspecified atom stereocenters. The predicted molar refractivity (Wildman–Crippen MR) is 110 cm³/mol. The lowest BCUT2D eigenvalue weighted by Gasteiger charge is -2.30. The third-order valence-corrected chi connectivity index (χ3v) is 6.06. The van der Waals surface area contributed by atoms with Crippen LogP contribution in [0.3, 0.4) is 0 Å². The van der Waals surface area contributed by atoms with Crippen LogP contribution in [-0.2, 0) is 28.1 Å². The molecule has 1 aliphatic carbocycles. The van der Waals surface area contributed by atoms with Gasteiger partial charge in [0.15, 0.2) is 0 Å². The van der Waals surface area contributed by atoms with Gasteiger partial charge in [-0.15, -0.1) is 0 Å². The minimum atomic E-state index is -1.94. The molecule has 0 radical (unpaired) electrons. The Balaban J connectivity index is 2.75. The summed E-state index contributed by atoms with van der Waals surface area (Å²) < 4.78 is 11.2. The minimum absolute atomic E-state index is 0.456. The maximum atomic E-state index is 11.5. The average Bonchev–Trinajstić information content (AvgIpc) is 2.82. The molecule has 1 aliphatic rings. The first-order valence-corrected chi connectivity index (χ1v) is 10.3. The van der Waals surface area contributed by atoms with Crippen molar-refractivity contribution < 1.29 is 29.3 Å². The second-order valence-corrected chi connectivity index (χ2v) is 7.51. The Morgan fingerprint density at radius 2 is 1.67 bits per heavy atom. The number of halogens is 1. The van der Waals surface area contributed by atoms with Gasteiger partial charge in [-0.25, -0.2) is 9.59 Å². The molecule has 148 valence electrons. The van der Waals surface area contributed by atoms with Gasteiger partial charge in [0.05, 0.1) is 0 Å². The fourth-order valence-corrected chi connectivity index (χ4v) is 4.98. The largest absolute Gasteiger partial charge is 0.509 e. The van der Waals surface area contributed by atoms with Gasteiger partial charge in [0.1, 0.15) is 0 Å². The van der Waals surface area contributed by atoms with Crippen molar-refractivity contribution in [3.05, 3.63) is 40.0 Å². The zero-order valence-electron chi connectivity index (χ0n) is 15.8. The number of unbranched alkanes of at least 4 members (excludes halogenated alkanes) is 2. The molecule has 27 heavy (non-hydrogen) atoms. The first-order valence-electron chi connectivity index (χ1n) is 9.20. The number of aryl methyl sites for hydroxylation is 1. The van der Waals surface area contributed by atoms with Crippen LogP contribution < -0.4 is 0 Å². The zero-order valence-corrected chi connectivity index (χ0v) is 18.0. The molecule has 2 N–H and O–H groups in total. The van der Waals surface area contributed by atoms with E-state index >= 15 is 0 Å². The van der Waals surface area contributed by atoms with Crippen LogP contribution in [0.25, 0.3) is 3.58 Å². The van der Waals surface area contributed by atoms with Gasteiger partial charge in [-0.1, -0.05) is 39.7 Å². The lowest BCUT2D eigenvalue weighted by molar-refractivity contribution is -0.163. The van der Waals surface area contributed by atoms with Crippen molar-refractivity contribution in [3.63, 3.8) is 0 Å². The topological polar surface area (TPSA) is 93.1 Å². The second-order valence-electron chi connectivity index (χ2n) is 6.44. The first-order chi connectivity index (χ1) is 12.8. The van der Waals surface area contributed by atoms with Gasteiger partial charge < -0.3 is 19.7 Å². The fourth-order valence-electron chi connectivity index (χ4n) is 3.73. The van der Waals surface area contributed by atoms with E-state index in [1.165, 1.54) is 0 Å². The lowest BCUT2D eigenvalue weighted by Crippen LogP contribution is -2.37. The Morgan fingerprint density at radius 3 is 2.15 bits per heavy atom. The number of ether oxygens (including phenoxy) is 2. The smallest absolute Gasteiger partial charge is 0.450 e.